The number of aromatic amines is 1. The first-order valence-corrected chi connectivity index (χ1v) is 12.2. The molecule has 8 aliphatic rings. The third kappa shape index (κ3) is 3.24. The van der Waals surface area contributed by atoms with Crippen molar-refractivity contribution in [1.29, 1.82) is 0 Å². The van der Waals surface area contributed by atoms with Crippen LogP contribution in [-0.2, 0) is 11.0 Å². The number of aromatic nitrogens is 2. The summed E-state index contributed by atoms with van der Waals surface area (Å²) in [5.74, 6) is 7.92. The van der Waals surface area contributed by atoms with Crippen LogP contribution in [-0.4, -0.2) is 12.2 Å². The van der Waals surface area contributed by atoms with E-state index in [0.29, 0.717) is 11.0 Å². The van der Waals surface area contributed by atoms with E-state index in [4.69, 9.17) is 0 Å². The van der Waals surface area contributed by atoms with E-state index in [1.165, 1.54) is 38.5 Å². The molecule has 0 aromatic carbocycles. The van der Waals surface area contributed by atoms with E-state index in [2.05, 4.69) is 21.9 Å². The van der Waals surface area contributed by atoms with Crippen molar-refractivity contribution in [1.82, 2.24) is 4.98 Å². The van der Waals surface area contributed by atoms with Crippen molar-refractivity contribution >= 4 is 7.25 Å². The highest BCUT2D eigenvalue weighted by atomic mass is 19.5. The summed E-state index contributed by atoms with van der Waals surface area (Å²) in [6.07, 6.45) is 23.0. The lowest BCUT2D eigenvalue weighted by Crippen LogP contribution is -2.68. The van der Waals surface area contributed by atoms with Crippen LogP contribution in [0.1, 0.15) is 82.9 Å². The van der Waals surface area contributed by atoms with Gasteiger partial charge in [0.05, 0.1) is 5.41 Å². The minimum Gasteiger partial charge on any atom is -0.418 e. The minimum atomic E-state index is -6.00. The average molecular weight is 424 g/mol. The van der Waals surface area contributed by atoms with Gasteiger partial charge in [-0.3, -0.25) is 0 Å². The quantitative estimate of drug-likeness (QED) is 0.342. The van der Waals surface area contributed by atoms with E-state index < -0.39 is 7.25 Å². The van der Waals surface area contributed by atoms with Crippen molar-refractivity contribution in [2.24, 2.45) is 35.5 Å². The normalized spacial score (nSPS) is 48.0. The van der Waals surface area contributed by atoms with Gasteiger partial charge in [-0.15, -0.1) is 0 Å². The molecular weight excluding hydrogens is 391 g/mol. The van der Waals surface area contributed by atoms with Crippen LogP contribution in [0.3, 0.4) is 0 Å². The van der Waals surface area contributed by atoms with Crippen LogP contribution in [0.2, 0.25) is 0 Å². The molecule has 0 unspecified atom stereocenters. The van der Waals surface area contributed by atoms with Crippen LogP contribution in [0.4, 0.5) is 17.3 Å². The van der Waals surface area contributed by atoms with Crippen LogP contribution < -0.4 is 4.57 Å². The number of rotatable bonds is 2. The van der Waals surface area contributed by atoms with E-state index in [1.54, 1.807) is 44.3 Å². The summed E-state index contributed by atoms with van der Waals surface area (Å²) in [5.41, 5.74) is 1.01. The first-order valence-electron chi connectivity index (χ1n) is 12.2. The lowest BCUT2D eigenvalue weighted by molar-refractivity contribution is -0.785. The monoisotopic (exact) mass is 424 g/mol. The van der Waals surface area contributed by atoms with Gasteiger partial charge in [0.25, 0.3) is 5.82 Å². The molecule has 8 bridgehead atoms. The van der Waals surface area contributed by atoms with Crippen molar-refractivity contribution in [3.05, 3.63) is 18.2 Å². The second-order valence-corrected chi connectivity index (χ2v) is 12.0. The minimum absolute atomic E-state index is 0.493. The Bertz CT molecular complexity index is 681. The van der Waals surface area contributed by atoms with Gasteiger partial charge in [-0.25, -0.2) is 9.55 Å². The van der Waals surface area contributed by atoms with E-state index in [9.17, 15) is 17.3 Å². The molecule has 7 heteroatoms. The van der Waals surface area contributed by atoms with Crippen LogP contribution in [0, 0.1) is 35.5 Å². The molecule has 0 aliphatic heterocycles. The second kappa shape index (κ2) is 6.51. The van der Waals surface area contributed by atoms with Crippen LogP contribution >= 0.6 is 0 Å². The van der Waals surface area contributed by atoms with Crippen LogP contribution in [0.5, 0.6) is 0 Å². The number of hydrogen-bond acceptors (Lipinski definition) is 0. The average Bonchev–Trinajstić information content (AvgIpc) is 3.09. The molecule has 9 rings (SSSR count). The Morgan fingerprint density at radius 1 is 0.700 bits per heavy atom. The Labute approximate surface area is 176 Å². The third-order valence-corrected chi connectivity index (χ3v) is 9.74. The van der Waals surface area contributed by atoms with Gasteiger partial charge in [0, 0.05) is 0 Å². The van der Waals surface area contributed by atoms with Gasteiger partial charge in [-0.05, 0) is 113 Å². The van der Waals surface area contributed by atoms with Crippen molar-refractivity contribution in [2.75, 3.05) is 0 Å². The maximum atomic E-state index is 9.75. The standard InChI is InChI=1S/C23H32N2.BF4/c1-2-25(23-12-18-6-19(13-23)8-20(7-18)14-23)21(24-1)22-9-15-3-16(10-22)5-17(4-15)11-22;2-1(3,4)5/h1-2,15-20H,3-14H2;/q;-1/p+1. The largest absolute Gasteiger partial charge is 0.673 e. The highest BCUT2D eigenvalue weighted by Crippen LogP contribution is 2.61. The number of nitrogens with one attached hydrogen (secondary N) is 1. The van der Waals surface area contributed by atoms with Gasteiger partial charge in [0.2, 0.25) is 0 Å². The highest BCUT2D eigenvalue weighted by molar-refractivity contribution is 6.50. The summed E-state index contributed by atoms with van der Waals surface area (Å²) >= 11 is 0. The molecule has 0 amide bonds. The number of hydrogen-bond donors (Lipinski definition) is 1. The predicted octanol–water partition coefficient (Wildman–Crippen LogP) is 6.00. The fourth-order valence-corrected chi connectivity index (χ4v) is 9.90. The molecule has 1 N–H and O–H groups in total. The van der Waals surface area contributed by atoms with Crippen molar-refractivity contribution in [2.45, 2.75) is 88.0 Å². The second-order valence-electron chi connectivity index (χ2n) is 12.0. The molecule has 0 spiro atoms. The summed E-state index contributed by atoms with van der Waals surface area (Å²) in [6.45, 7) is 0. The molecule has 0 atom stereocenters. The van der Waals surface area contributed by atoms with Gasteiger partial charge in [0.15, 0.2) is 0 Å². The SMILES string of the molecule is F[B-](F)(F)F.c1c[n+](C23CC4CC(CC(C4)C2)C3)c(C23CC4CC(CC(C4)C2)C3)[nH]1. The van der Waals surface area contributed by atoms with Crippen molar-refractivity contribution < 1.29 is 21.8 Å². The zero-order valence-corrected chi connectivity index (χ0v) is 17.6. The molecule has 8 saturated carbocycles. The molecule has 1 heterocycles. The molecule has 0 saturated heterocycles. The number of imidazole rings is 1. The Morgan fingerprint density at radius 3 is 1.47 bits per heavy atom. The number of nitrogens with zero attached hydrogens (tertiary/aromatic N) is 1. The summed E-state index contributed by atoms with van der Waals surface area (Å²) in [6, 6.07) is 0. The smallest absolute Gasteiger partial charge is 0.418 e. The van der Waals surface area contributed by atoms with E-state index >= 15 is 0 Å². The third-order valence-electron chi connectivity index (χ3n) is 9.74. The summed E-state index contributed by atoms with van der Waals surface area (Å²) in [4.78, 5) is 3.85. The summed E-state index contributed by atoms with van der Waals surface area (Å²) in [5, 5.41) is 0. The zero-order valence-electron chi connectivity index (χ0n) is 17.6. The molecule has 0 radical (unpaired) electrons. The molecule has 1 aromatic heterocycles. The molecule has 8 fully saturated rings. The molecular formula is C23H33BF4N2. The van der Waals surface area contributed by atoms with Gasteiger partial charge in [-0.2, -0.15) is 0 Å². The fourth-order valence-electron chi connectivity index (χ4n) is 9.90. The molecule has 166 valence electrons. The zero-order chi connectivity index (χ0) is 20.7. The Hall–Kier alpha value is -1.01. The summed E-state index contributed by atoms with van der Waals surface area (Å²) in [7, 11) is -6.00. The van der Waals surface area contributed by atoms with Crippen molar-refractivity contribution in [3.8, 4) is 0 Å². The lowest BCUT2D eigenvalue weighted by atomic mass is 9.49. The fraction of sp³-hybridized carbons (Fsp3) is 0.870. The van der Waals surface area contributed by atoms with Gasteiger partial charge < -0.3 is 17.3 Å². The highest BCUT2D eigenvalue weighted by Gasteiger charge is 2.60. The predicted molar refractivity (Wildman–Crippen MR) is 107 cm³/mol. The maximum Gasteiger partial charge on any atom is 0.673 e. The first-order chi connectivity index (χ1) is 14.2. The molecule has 30 heavy (non-hydrogen) atoms. The van der Waals surface area contributed by atoms with Gasteiger partial charge in [-0.1, -0.05) is 0 Å². The maximum absolute atomic E-state index is 9.75. The van der Waals surface area contributed by atoms with Crippen LogP contribution in [0.25, 0.3) is 0 Å². The molecule has 8 aliphatic carbocycles. The van der Waals surface area contributed by atoms with Gasteiger partial charge >= 0.3 is 7.25 Å². The molecule has 1 aromatic rings. The van der Waals surface area contributed by atoms with E-state index in [-0.39, 0.29) is 0 Å². The number of halogens is 4. The van der Waals surface area contributed by atoms with E-state index in [0.717, 1.165) is 35.5 Å². The summed E-state index contributed by atoms with van der Waals surface area (Å²) < 4.78 is 41.9. The molecule has 2 nitrogen and oxygen atoms in total. The number of H-pyrrole nitrogens is 1. The first kappa shape index (κ1) is 19.7. The Morgan fingerprint density at radius 2 is 1.07 bits per heavy atom. The lowest BCUT2D eigenvalue weighted by Gasteiger charge is -2.57. The Balaban J connectivity index is 0.000000318. The van der Waals surface area contributed by atoms with E-state index in [1.807, 2.05) is 0 Å². The van der Waals surface area contributed by atoms with Crippen molar-refractivity contribution in [3.63, 3.8) is 0 Å². The van der Waals surface area contributed by atoms with Crippen LogP contribution in [0.15, 0.2) is 12.4 Å². The topological polar surface area (TPSA) is 19.7 Å². The van der Waals surface area contributed by atoms with Gasteiger partial charge in [0.1, 0.15) is 17.9 Å². The Kier molecular flexibility index (Phi) is 4.26.